The fourth-order valence-electron chi connectivity index (χ4n) is 2.36. The Labute approximate surface area is 124 Å². The molecule has 2 rings (SSSR count). The Hall–Kier alpha value is -1.60. The number of sulfonamides is 1. The van der Waals surface area contributed by atoms with E-state index in [1.165, 1.54) is 24.3 Å². The van der Waals surface area contributed by atoms with Crippen LogP contribution in [0.3, 0.4) is 0 Å². The molecule has 2 N–H and O–H groups in total. The van der Waals surface area contributed by atoms with E-state index >= 15 is 0 Å². The van der Waals surface area contributed by atoms with E-state index in [2.05, 4.69) is 4.72 Å². The highest BCUT2D eigenvalue weighted by molar-refractivity contribution is 7.89. The van der Waals surface area contributed by atoms with Crippen LogP contribution in [-0.2, 0) is 14.8 Å². The van der Waals surface area contributed by atoms with Gasteiger partial charge in [0.05, 0.1) is 10.9 Å². The Morgan fingerprint density at radius 2 is 1.76 bits per heavy atom. The topological polar surface area (TPSA) is 86.7 Å². The van der Waals surface area contributed by atoms with Gasteiger partial charge in [-0.2, -0.15) is 4.72 Å². The molecule has 1 fully saturated rings. The summed E-state index contributed by atoms with van der Waals surface area (Å²) in [5.41, 5.74) is 0. The zero-order valence-electron chi connectivity index (χ0n) is 11.9. The molecule has 7 heteroatoms. The van der Waals surface area contributed by atoms with Crippen LogP contribution in [-0.4, -0.2) is 43.5 Å². The third-order valence-electron chi connectivity index (χ3n) is 3.52. The number of amides is 1. The predicted molar refractivity (Wildman–Crippen MR) is 78.3 cm³/mol. The summed E-state index contributed by atoms with van der Waals surface area (Å²) in [4.78, 5) is 13.9. The smallest absolute Gasteiger partial charge is 0.241 e. The van der Waals surface area contributed by atoms with Gasteiger partial charge in [-0.3, -0.25) is 4.79 Å². The number of benzene rings is 1. The fraction of sp³-hybridized carbons (Fsp3) is 0.500. The van der Waals surface area contributed by atoms with E-state index < -0.39 is 16.1 Å². The first-order valence-corrected chi connectivity index (χ1v) is 8.48. The average molecular weight is 312 g/mol. The Balaban J connectivity index is 2.05. The third kappa shape index (κ3) is 3.95. The lowest BCUT2D eigenvalue weighted by molar-refractivity contribution is -0.133. The molecule has 0 aromatic heterocycles. The number of likely N-dealkylation sites (tertiary alicyclic amines) is 1. The van der Waals surface area contributed by atoms with Crippen LogP contribution in [0.2, 0.25) is 0 Å². The van der Waals surface area contributed by atoms with Crippen LogP contribution in [0.1, 0.15) is 26.2 Å². The van der Waals surface area contributed by atoms with Crippen molar-refractivity contribution < 1.29 is 18.3 Å². The van der Waals surface area contributed by atoms with E-state index in [0.717, 1.165) is 19.3 Å². The first-order valence-electron chi connectivity index (χ1n) is 7.00. The Kier molecular flexibility index (Phi) is 4.84. The largest absolute Gasteiger partial charge is 0.508 e. The molecule has 1 aromatic carbocycles. The van der Waals surface area contributed by atoms with Gasteiger partial charge in [0.15, 0.2) is 0 Å². The zero-order valence-corrected chi connectivity index (χ0v) is 12.8. The number of nitrogens with zero attached hydrogens (tertiary/aromatic N) is 1. The molecule has 1 aromatic rings. The molecule has 1 aliphatic heterocycles. The maximum absolute atomic E-state index is 12.2. The van der Waals surface area contributed by atoms with E-state index in [9.17, 15) is 18.3 Å². The molecule has 1 saturated heterocycles. The number of hydrogen-bond acceptors (Lipinski definition) is 4. The minimum Gasteiger partial charge on any atom is -0.508 e. The van der Waals surface area contributed by atoms with Crippen molar-refractivity contribution in [3.05, 3.63) is 24.3 Å². The molecule has 1 atom stereocenters. The van der Waals surface area contributed by atoms with Gasteiger partial charge >= 0.3 is 0 Å². The van der Waals surface area contributed by atoms with Crippen molar-refractivity contribution in [2.45, 2.75) is 37.1 Å². The van der Waals surface area contributed by atoms with Gasteiger partial charge in [0.25, 0.3) is 0 Å². The van der Waals surface area contributed by atoms with E-state index in [0.29, 0.717) is 13.1 Å². The first-order chi connectivity index (χ1) is 9.90. The van der Waals surface area contributed by atoms with Gasteiger partial charge in [0, 0.05) is 13.1 Å². The minimum atomic E-state index is -3.77. The third-order valence-corrected chi connectivity index (χ3v) is 5.07. The maximum Gasteiger partial charge on any atom is 0.241 e. The number of carbonyl (C=O) groups excluding carboxylic acids is 1. The maximum atomic E-state index is 12.2. The summed E-state index contributed by atoms with van der Waals surface area (Å²) in [6, 6.07) is 4.39. The van der Waals surface area contributed by atoms with Crippen molar-refractivity contribution in [1.29, 1.82) is 0 Å². The van der Waals surface area contributed by atoms with Gasteiger partial charge in [0.1, 0.15) is 5.75 Å². The second-order valence-corrected chi connectivity index (χ2v) is 6.94. The number of phenolic OH excluding ortho intramolecular Hbond substituents is 1. The molecule has 0 bridgehead atoms. The molecule has 0 spiro atoms. The van der Waals surface area contributed by atoms with Crippen LogP contribution in [0, 0.1) is 0 Å². The van der Waals surface area contributed by atoms with E-state index in [-0.39, 0.29) is 16.6 Å². The SMILES string of the molecule is CC(NS(=O)(=O)c1ccc(O)cc1)C(=O)N1CCCCC1. The number of piperidine rings is 1. The summed E-state index contributed by atoms with van der Waals surface area (Å²) in [6.07, 6.45) is 3.03. The molecule has 1 aliphatic rings. The summed E-state index contributed by atoms with van der Waals surface area (Å²) < 4.78 is 26.7. The van der Waals surface area contributed by atoms with Gasteiger partial charge < -0.3 is 10.0 Å². The summed E-state index contributed by atoms with van der Waals surface area (Å²) in [7, 11) is -3.77. The molecule has 1 heterocycles. The summed E-state index contributed by atoms with van der Waals surface area (Å²) in [5.74, 6) is -0.205. The van der Waals surface area contributed by atoms with Crippen molar-refractivity contribution in [2.24, 2.45) is 0 Å². The number of rotatable bonds is 4. The molecular weight excluding hydrogens is 292 g/mol. The molecular formula is C14H20N2O4S. The first kappa shape index (κ1) is 15.8. The second kappa shape index (κ2) is 6.44. The number of phenols is 1. The fourth-order valence-corrected chi connectivity index (χ4v) is 3.56. The lowest BCUT2D eigenvalue weighted by Crippen LogP contribution is -2.48. The predicted octanol–water partition coefficient (Wildman–Crippen LogP) is 1.07. The Morgan fingerprint density at radius 1 is 1.19 bits per heavy atom. The van der Waals surface area contributed by atoms with E-state index in [1.807, 2.05) is 0 Å². The number of carbonyl (C=O) groups is 1. The number of nitrogens with one attached hydrogen (secondary N) is 1. The van der Waals surface area contributed by atoms with Crippen LogP contribution < -0.4 is 4.72 Å². The van der Waals surface area contributed by atoms with E-state index in [4.69, 9.17) is 0 Å². The van der Waals surface area contributed by atoms with Gasteiger partial charge in [-0.25, -0.2) is 8.42 Å². The summed E-state index contributed by atoms with van der Waals surface area (Å²) in [5, 5.41) is 9.19. The van der Waals surface area contributed by atoms with Crippen LogP contribution >= 0.6 is 0 Å². The van der Waals surface area contributed by atoms with Gasteiger partial charge in [-0.05, 0) is 50.5 Å². The molecule has 116 valence electrons. The van der Waals surface area contributed by atoms with Gasteiger partial charge in [0.2, 0.25) is 15.9 Å². The summed E-state index contributed by atoms with van der Waals surface area (Å²) in [6.45, 7) is 2.92. The van der Waals surface area contributed by atoms with Crippen LogP contribution in [0.4, 0.5) is 0 Å². The minimum absolute atomic E-state index is 0.00797. The van der Waals surface area contributed by atoms with Gasteiger partial charge in [-0.1, -0.05) is 0 Å². The molecule has 1 amide bonds. The molecule has 0 saturated carbocycles. The highest BCUT2D eigenvalue weighted by Gasteiger charge is 2.26. The standard InChI is InChI=1S/C14H20N2O4S/c1-11(14(18)16-9-3-2-4-10-16)15-21(19,20)13-7-5-12(17)6-8-13/h5-8,11,15,17H,2-4,9-10H2,1H3. The Morgan fingerprint density at radius 3 is 2.33 bits per heavy atom. The lowest BCUT2D eigenvalue weighted by Gasteiger charge is -2.29. The average Bonchev–Trinajstić information content (AvgIpc) is 2.47. The lowest BCUT2D eigenvalue weighted by atomic mass is 10.1. The highest BCUT2D eigenvalue weighted by atomic mass is 32.2. The van der Waals surface area contributed by atoms with Crippen molar-refractivity contribution >= 4 is 15.9 Å². The molecule has 1 unspecified atom stereocenters. The normalized spacial score (nSPS) is 17.5. The number of hydrogen-bond donors (Lipinski definition) is 2. The van der Waals surface area contributed by atoms with Crippen LogP contribution in [0.5, 0.6) is 5.75 Å². The van der Waals surface area contributed by atoms with Crippen molar-refractivity contribution in [2.75, 3.05) is 13.1 Å². The second-order valence-electron chi connectivity index (χ2n) is 5.22. The molecule has 0 aliphatic carbocycles. The van der Waals surface area contributed by atoms with Crippen molar-refractivity contribution in [3.8, 4) is 5.75 Å². The molecule has 6 nitrogen and oxygen atoms in total. The molecule has 21 heavy (non-hydrogen) atoms. The molecule has 0 radical (unpaired) electrons. The Bertz CT molecular complexity index is 592. The summed E-state index contributed by atoms with van der Waals surface area (Å²) >= 11 is 0. The zero-order chi connectivity index (χ0) is 15.5. The quantitative estimate of drug-likeness (QED) is 0.871. The van der Waals surface area contributed by atoms with Crippen LogP contribution in [0.15, 0.2) is 29.2 Å². The van der Waals surface area contributed by atoms with Crippen molar-refractivity contribution in [1.82, 2.24) is 9.62 Å². The monoisotopic (exact) mass is 312 g/mol. The van der Waals surface area contributed by atoms with Crippen LogP contribution in [0.25, 0.3) is 0 Å². The highest BCUT2D eigenvalue weighted by Crippen LogP contribution is 2.15. The van der Waals surface area contributed by atoms with Gasteiger partial charge in [-0.15, -0.1) is 0 Å². The van der Waals surface area contributed by atoms with E-state index in [1.54, 1.807) is 11.8 Å². The number of aromatic hydroxyl groups is 1. The van der Waals surface area contributed by atoms with Crippen molar-refractivity contribution in [3.63, 3.8) is 0 Å².